The van der Waals surface area contributed by atoms with E-state index in [1.807, 2.05) is 0 Å². The van der Waals surface area contributed by atoms with Gasteiger partial charge in [-0.2, -0.15) is 0 Å². The van der Waals surface area contributed by atoms with Crippen molar-refractivity contribution < 1.29 is 13.2 Å². The van der Waals surface area contributed by atoms with E-state index >= 15 is 0 Å². The van der Waals surface area contributed by atoms with E-state index in [1.54, 1.807) is 11.0 Å². The molecule has 2 aromatic carbocycles. The molecule has 1 amide bonds. The molecule has 156 valence electrons. The summed E-state index contributed by atoms with van der Waals surface area (Å²) in [5, 5.41) is 0.106. The third-order valence-corrected chi connectivity index (χ3v) is 7.72. The highest BCUT2D eigenvalue weighted by molar-refractivity contribution is 7.89. The van der Waals surface area contributed by atoms with Crippen LogP contribution in [-0.4, -0.2) is 63.8 Å². The molecule has 6 nitrogen and oxygen atoms in total. The molecule has 0 N–H and O–H groups in total. The summed E-state index contributed by atoms with van der Waals surface area (Å²) in [6, 6.07) is 10.7. The molecule has 0 unspecified atom stereocenters. The summed E-state index contributed by atoms with van der Waals surface area (Å²) in [6.07, 6.45) is 0. The van der Waals surface area contributed by atoms with E-state index in [0.29, 0.717) is 18.7 Å². The van der Waals surface area contributed by atoms with Gasteiger partial charge in [0.2, 0.25) is 10.0 Å². The number of piperazine rings is 1. The smallest absolute Gasteiger partial charge is 0.254 e. The van der Waals surface area contributed by atoms with E-state index in [-0.39, 0.29) is 15.8 Å². The van der Waals surface area contributed by atoms with Crippen molar-refractivity contribution in [1.82, 2.24) is 9.21 Å². The third kappa shape index (κ3) is 4.27. The van der Waals surface area contributed by atoms with E-state index in [4.69, 9.17) is 11.6 Å². The van der Waals surface area contributed by atoms with Crippen molar-refractivity contribution in [3.8, 4) is 0 Å². The highest BCUT2D eigenvalue weighted by Gasteiger charge is 2.26. The van der Waals surface area contributed by atoms with Crippen molar-refractivity contribution in [2.45, 2.75) is 18.7 Å². The lowest BCUT2D eigenvalue weighted by Crippen LogP contribution is -2.49. The average Bonchev–Trinajstić information content (AvgIpc) is 2.70. The van der Waals surface area contributed by atoms with Gasteiger partial charge in [0.25, 0.3) is 5.91 Å². The highest BCUT2D eigenvalue weighted by atomic mass is 35.5. The normalized spacial score (nSPS) is 15.1. The van der Waals surface area contributed by atoms with Crippen molar-refractivity contribution in [1.29, 1.82) is 0 Å². The molecule has 1 heterocycles. The van der Waals surface area contributed by atoms with Crippen LogP contribution in [-0.2, 0) is 10.0 Å². The zero-order chi connectivity index (χ0) is 21.3. The van der Waals surface area contributed by atoms with Crippen LogP contribution < -0.4 is 4.90 Å². The standard InChI is InChI=1S/C21H26ClN3O3S/c1-15-6-5-7-19(16(15)2)24-10-12-25(13-11-24)21(26)17-8-9-18(22)20(14-17)29(27,28)23(3)4/h5-9,14H,10-13H2,1-4H3. The van der Waals surface area contributed by atoms with Gasteiger partial charge in [-0.15, -0.1) is 0 Å². The molecular formula is C21H26ClN3O3S. The molecule has 0 saturated carbocycles. The summed E-state index contributed by atoms with van der Waals surface area (Å²) in [4.78, 5) is 17.0. The molecular weight excluding hydrogens is 410 g/mol. The minimum Gasteiger partial charge on any atom is -0.368 e. The first-order chi connectivity index (χ1) is 13.6. The minimum atomic E-state index is -3.73. The number of sulfonamides is 1. The number of carbonyl (C=O) groups excluding carboxylic acids is 1. The van der Waals surface area contributed by atoms with Crippen LogP contribution in [0.15, 0.2) is 41.3 Å². The Kier molecular flexibility index (Phi) is 6.22. The zero-order valence-electron chi connectivity index (χ0n) is 17.1. The summed E-state index contributed by atoms with van der Waals surface area (Å²) < 4.78 is 26.0. The van der Waals surface area contributed by atoms with Gasteiger partial charge in [-0.05, 0) is 49.2 Å². The first-order valence-corrected chi connectivity index (χ1v) is 11.3. The minimum absolute atomic E-state index is 0.0518. The lowest BCUT2D eigenvalue weighted by Gasteiger charge is -2.37. The zero-order valence-corrected chi connectivity index (χ0v) is 18.7. The Bertz CT molecular complexity index is 1030. The first kappa shape index (κ1) is 21.6. The number of hydrogen-bond acceptors (Lipinski definition) is 4. The quantitative estimate of drug-likeness (QED) is 0.740. The van der Waals surface area contributed by atoms with E-state index in [1.165, 1.54) is 43.0 Å². The molecule has 1 aliphatic rings. The predicted octanol–water partition coefficient (Wildman–Crippen LogP) is 3.17. The molecule has 0 spiro atoms. The number of benzene rings is 2. The van der Waals surface area contributed by atoms with Crippen LogP contribution in [0.2, 0.25) is 5.02 Å². The van der Waals surface area contributed by atoms with Crippen molar-refractivity contribution >= 4 is 33.2 Å². The van der Waals surface area contributed by atoms with Crippen molar-refractivity contribution in [3.05, 3.63) is 58.1 Å². The predicted molar refractivity (Wildman–Crippen MR) is 116 cm³/mol. The Balaban J connectivity index is 1.77. The monoisotopic (exact) mass is 435 g/mol. The number of amides is 1. The number of carbonyl (C=O) groups is 1. The fraction of sp³-hybridized carbons (Fsp3) is 0.381. The number of halogens is 1. The average molecular weight is 436 g/mol. The van der Waals surface area contributed by atoms with Gasteiger partial charge in [-0.25, -0.2) is 12.7 Å². The summed E-state index contributed by atoms with van der Waals surface area (Å²) >= 11 is 6.09. The Morgan fingerprint density at radius 3 is 2.31 bits per heavy atom. The van der Waals surface area contributed by atoms with Crippen molar-refractivity contribution in [3.63, 3.8) is 0 Å². The van der Waals surface area contributed by atoms with Crippen LogP contribution in [0.25, 0.3) is 0 Å². The SMILES string of the molecule is Cc1cccc(N2CCN(C(=O)c3ccc(Cl)c(S(=O)(=O)N(C)C)c3)CC2)c1C. The van der Waals surface area contributed by atoms with Gasteiger partial charge < -0.3 is 9.80 Å². The van der Waals surface area contributed by atoms with Gasteiger partial charge in [0.1, 0.15) is 4.90 Å². The molecule has 29 heavy (non-hydrogen) atoms. The van der Waals surface area contributed by atoms with Gasteiger partial charge in [0.05, 0.1) is 5.02 Å². The largest absolute Gasteiger partial charge is 0.368 e. The second kappa shape index (κ2) is 8.34. The van der Waals surface area contributed by atoms with E-state index in [9.17, 15) is 13.2 Å². The fourth-order valence-corrected chi connectivity index (χ4v) is 4.84. The van der Waals surface area contributed by atoms with Gasteiger partial charge >= 0.3 is 0 Å². The van der Waals surface area contributed by atoms with Gasteiger partial charge in [0.15, 0.2) is 0 Å². The summed E-state index contributed by atoms with van der Waals surface area (Å²) in [7, 11) is -0.851. The van der Waals surface area contributed by atoms with Gasteiger partial charge in [0, 0.05) is 51.5 Å². The third-order valence-electron chi connectivity index (χ3n) is 5.42. The lowest BCUT2D eigenvalue weighted by atomic mass is 10.1. The molecule has 1 fully saturated rings. The maximum Gasteiger partial charge on any atom is 0.254 e. The Morgan fingerprint density at radius 1 is 1.03 bits per heavy atom. The van der Waals surface area contributed by atoms with E-state index in [2.05, 4.69) is 36.9 Å². The number of nitrogens with zero attached hydrogens (tertiary/aromatic N) is 3. The molecule has 0 bridgehead atoms. The van der Waals surface area contributed by atoms with Crippen LogP contribution in [0.4, 0.5) is 5.69 Å². The number of anilines is 1. The molecule has 2 aromatic rings. The van der Waals surface area contributed by atoms with Crippen LogP contribution >= 0.6 is 11.6 Å². The van der Waals surface area contributed by atoms with Crippen LogP contribution in [0.5, 0.6) is 0 Å². The maximum absolute atomic E-state index is 13.0. The lowest BCUT2D eigenvalue weighted by molar-refractivity contribution is 0.0746. The molecule has 0 radical (unpaired) electrons. The number of rotatable bonds is 4. The molecule has 0 atom stereocenters. The number of hydrogen-bond donors (Lipinski definition) is 0. The van der Waals surface area contributed by atoms with E-state index < -0.39 is 10.0 Å². The second-order valence-corrected chi connectivity index (χ2v) is 9.96. The Morgan fingerprint density at radius 2 is 1.69 bits per heavy atom. The van der Waals surface area contributed by atoms with Gasteiger partial charge in [-0.1, -0.05) is 23.7 Å². The fourth-order valence-electron chi connectivity index (χ4n) is 3.44. The maximum atomic E-state index is 13.0. The van der Waals surface area contributed by atoms with Crippen LogP contribution in [0.3, 0.4) is 0 Å². The van der Waals surface area contributed by atoms with Crippen LogP contribution in [0, 0.1) is 13.8 Å². The van der Waals surface area contributed by atoms with E-state index in [0.717, 1.165) is 17.4 Å². The van der Waals surface area contributed by atoms with Crippen LogP contribution in [0.1, 0.15) is 21.5 Å². The topological polar surface area (TPSA) is 60.9 Å². The summed E-state index contributed by atoms with van der Waals surface area (Å²) in [6.45, 7) is 6.81. The second-order valence-electron chi connectivity index (χ2n) is 7.43. The molecule has 0 aromatic heterocycles. The Labute approximate surface area is 177 Å². The molecule has 1 aliphatic heterocycles. The molecule has 8 heteroatoms. The first-order valence-electron chi connectivity index (χ1n) is 9.45. The summed E-state index contributed by atoms with van der Waals surface area (Å²) in [5.74, 6) is -0.183. The Hall–Kier alpha value is -2.09. The van der Waals surface area contributed by atoms with Gasteiger partial charge in [-0.3, -0.25) is 4.79 Å². The summed E-state index contributed by atoms with van der Waals surface area (Å²) in [5.41, 5.74) is 4.03. The van der Waals surface area contributed by atoms with Crippen molar-refractivity contribution in [2.75, 3.05) is 45.2 Å². The van der Waals surface area contributed by atoms with Crippen molar-refractivity contribution in [2.24, 2.45) is 0 Å². The number of aryl methyl sites for hydroxylation is 1. The molecule has 3 rings (SSSR count). The molecule has 1 saturated heterocycles. The molecule has 0 aliphatic carbocycles. The highest BCUT2D eigenvalue weighted by Crippen LogP contribution is 2.27.